The maximum atomic E-state index is 13.4. The molecule has 3 aliphatic heterocycles. The van der Waals surface area contributed by atoms with Crippen molar-refractivity contribution >= 4 is 33.4 Å². The Labute approximate surface area is 254 Å². The first-order valence-corrected chi connectivity index (χ1v) is 16.8. The number of nitrogens with zero attached hydrogens (tertiary/aromatic N) is 2. The number of carbonyl (C=O) groups is 1. The molecule has 5 aliphatic rings. The summed E-state index contributed by atoms with van der Waals surface area (Å²) in [5, 5.41) is 0.724. The first-order valence-electron chi connectivity index (χ1n) is 15.0. The number of nitrogens with one attached hydrogen (secondary N) is 1. The van der Waals surface area contributed by atoms with Crippen molar-refractivity contribution in [3.05, 3.63) is 69.8 Å². The van der Waals surface area contributed by atoms with E-state index in [4.69, 9.17) is 21.1 Å². The summed E-state index contributed by atoms with van der Waals surface area (Å²) >= 11 is 6.42. The molecule has 4 bridgehead atoms. The first kappa shape index (κ1) is 29.5. The lowest BCUT2D eigenvalue weighted by molar-refractivity contribution is -0.000350. The zero-order valence-corrected chi connectivity index (χ0v) is 26.1. The number of fused-ring (bicyclic) bond motifs is 5. The van der Waals surface area contributed by atoms with Crippen molar-refractivity contribution in [3.8, 4) is 5.75 Å². The Kier molecular flexibility index (Phi) is 8.30. The number of ether oxygens (including phenoxy) is 2. The number of methoxy groups -OCH3 is 1. The van der Waals surface area contributed by atoms with Gasteiger partial charge in [-0.15, -0.1) is 0 Å². The summed E-state index contributed by atoms with van der Waals surface area (Å²) in [7, 11) is -0.752. The Balaban J connectivity index is 1.45. The van der Waals surface area contributed by atoms with Gasteiger partial charge in [-0.05, 0) is 110 Å². The van der Waals surface area contributed by atoms with Crippen LogP contribution in [0.3, 0.4) is 0 Å². The minimum atomic E-state index is -4.06. The highest BCUT2D eigenvalue weighted by Crippen LogP contribution is 2.46. The molecule has 42 heavy (non-hydrogen) atoms. The Morgan fingerprint density at radius 1 is 1.10 bits per heavy atom. The van der Waals surface area contributed by atoms with E-state index in [1.807, 2.05) is 13.0 Å². The molecule has 1 N–H and O–H groups in total. The smallest absolute Gasteiger partial charge is 0.304 e. The molecule has 5 atom stereocenters. The summed E-state index contributed by atoms with van der Waals surface area (Å²) in [5.74, 6) is 0.872. The van der Waals surface area contributed by atoms with E-state index in [0.717, 1.165) is 55.8 Å². The van der Waals surface area contributed by atoms with Gasteiger partial charge in [0, 0.05) is 43.9 Å². The average molecular weight is 614 g/mol. The van der Waals surface area contributed by atoms with Crippen LogP contribution in [0, 0.1) is 17.8 Å². The lowest BCUT2D eigenvalue weighted by atomic mass is 9.65. The fourth-order valence-electron chi connectivity index (χ4n) is 6.94. The topological polar surface area (TPSA) is 88.2 Å². The van der Waals surface area contributed by atoms with Gasteiger partial charge in [-0.2, -0.15) is 12.7 Å². The van der Waals surface area contributed by atoms with Crippen LogP contribution in [0.2, 0.25) is 5.02 Å². The van der Waals surface area contributed by atoms with Gasteiger partial charge in [-0.3, -0.25) is 4.79 Å². The second-order valence-electron chi connectivity index (χ2n) is 12.2. The molecule has 2 aromatic carbocycles. The Bertz CT molecular complexity index is 1490. The van der Waals surface area contributed by atoms with Gasteiger partial charge in [0.2, 0.25) is 0 Å². The zero-order valence-electron chi connectivity index (χ0n) is 24.5. The van der Waals surface area contributed by atoms with Gasteiger partial charge in [0.05, 0.1) is 18.4 Å². The van der Waals surface area contributed by atoms with Gasteiger partial charge < -0.3 is 14.4 Å². The predicted octanol–water partition coefficient (Wildman–Crippen LogP) is 5.36. The first-order chi connectivity index (χ1) is 20.1. The maximum absolute atomic E-state index is 13.4. The monoisotopic (exact) mass is 613 g/mol. The van der Waals surface area contributed by atoms with Crippen LogP contribution in [0.15, 0.2) is 48.0 Å². The molecule has 10 heteroatoms. The summed E-state index contributed by atoms with van der Waals surface area (Å²) < 4.78 is 42.5. The van der Waals surface area contributed by atoms with Gasteiger partial charge in [0.15, 0.2) is 0 Å². The van der Waals surface area contributed by atoms with E-state index in [1.165, 1.54) is 28.1 Å². The van der Waals surface area contributed by atoms with Crippen LogP contribution < -0.4 is 14.4 Å². The van der Waals surface area contributed by atoms with Crippen LogP contribution in [-0.4, -0.2) is 58.1 Å². The molecule has 2 aromatic rings. The number of benzene rings is 2. The number of aryl methyl sites for hydroxylation is 1. The van der Waals surface area contributed by atoms with Gasteiger partial charge in [-0.25, -0.2) is 4.72 Å². The molecule has 226 valence electrons. The number of halogens is 1. The summed E-state index contributed by atoms with van der Waals surface area (Å²) in [6.07, 6.45) is 7.92. The normalized spacial score (nSPS) is 29.7. The third-order valence-corrected chi connectivity index (χ3v) is 11.6. The number of anilines is 1. The molecule has 1 saturated carbocycles. The van der Waals surface area contributed by atoms with Crippen LogP contribution in [0.25, 0.3) is 0 Å². The second kappa shape index (κ2) is 11.8. The Morgan fingerprint density at radius 3 is 2.64 bits per heavy atom. The highest BCUT2D eigenvalue weighted by Gasteiger charge is 2.44. The summed E-state index contributed by atoms with van der Waals surface area (Å²) in [6, 6.07) is 11.0. The maximum Gasteiger partial charge on any atom is 0.304 e. The molecule has 1 amide bonds. The fourth-order valence-corrected chi connectivity index (χ4v) is 8.22. The third-order valence-electron chi connectivity index (χ3n) is 9.82. The third kappa shape index (κ3) is 5.68. The van der Waals surface area contributed by atoms with Gasteiger partial charge in [-0.1, -0.05) is 23.7 Å². The molecule has 0 unspecified atom stereocenters. The number of hydrogen-bond donors (Lipinski definition) is 1. The van der Waals surface area contributed by atoms with E-state index >= 15 is 0 Å². The van der Waals surface area contributed by atoms with Crippen molar-refractivity contribution in [2.24, 2.45) is 17.8 Å². The lowest BCUT2D eigenvalue weighted by Gasteiger charge is -2.47. The van der Waals surface area contributed by atoms with Crippen LogP contribution in [0.1, 0.15) is 60.5 Å². The van der Waals surface area contributed by atoms with E-state index in [9.17, 15) is 13.2 Å². The number of carbonyl (C=O) groups excluding carboxylic acids is 1. The van der Waals surface area contributed by atoms with Gasteiger partial charge in [0.25, 0.3) is 5.91 Å². The molecule has 1 fully saturated rings. The lowest BCUT2D eigenvalue weighted by Crippen LogP contribution is -2.50. The standard InChI is InChI=1S/C32H40ClN3O5S/c1-20-25-14-26(15-25)31(40-3)28-11-8-24(28)19-36-18-23-7-10-27(33)16-21(23)6-4-5-13-41-30-12-9-22(17-29(30)36)32(37)34-42(38,39)35(20)2/h7,9-10,12,14,16-17,20,24-25,28,31H,4-6,8,11,13,15,18-19H2,1-3H3,(H,34,37)/t20-,24-,25-,28+,31+/m0/s1. The van der Waals surface area contributed by atoms with Gasteiger partial charge in [0.1, 0.15) is 5.75 Å². The van der Waals surface area contributed by atoms with Crippen molar-refractivity contribution in [2.45, 2.75) is 64.1 Å². The molecular weight excluding hydrogens is 574 g/mol. The summed E-state index contributed by atoms with van der Waals surface area (Å²) in [6.45, 7) is 3.82. The van der Waals surface area contributed by atoms with Crippen molar-refractivity contribution in [1.29, 1.82) is 0 Å². The molecular formula is C32H40ClN3O5S. The molecule has 0 radical (unpaired) electrons. The molecule has 7 rings (SSSR count). The highest BCUT2D eigenvalue weighted by atomic mass is 35.5. The van der Waals surface area contributed by atoms with Crippen LogP contribution >= 0.6 is 11.6 Å². The van der Waals surface area contributed by atoms with Crippen LogP contribution in [-0.2, 0) is 27.9 Å². The largest absolute Gasteiger partial charge is 0.491 e. The number of amides is 1. The minimum Gasteiger partial charge on any atom is -0.491 e. The van der Waals surface area contributed by atoms with E-state index in [1.54, 1.807) is 25.3 Å². The van der Waals surface area contributed by atoms with E-state index in [0.29, 0.717) is 30.7 Å². The SMILES string of the molecule is CO[C@@H]1C2=C[C@@H](C2)[C@H](C)N(C)S(=O)(=O)NC(=O)c2ccc3c(c2)N(Cc2ccc(Cl)cc2CCCCO3)C[C@@H]2CC[C@H]21. The van der Waals surface area contributed by atoms with E-state index in [2.05, 4.69) is 27.8 Å². The molecule has 0 aromatic heterocycles. The average Bonchev–Trinajstić information content (AvgIpc) is 2.95. The molecule has 0 saturated heterocycles. The van der Waals surface area contributed by atoms with Crippen molar-refractivity contribution in [3.63, 3.8) is 0 Å². The number of hydrogen-bond acceptors (Lipinski definition) is 6. The zero-order chi connectivity index (χ0) is 29.6. The van der Waals surface area contributed by atoms with Crippen LogP contribution in [0.4, 0.5) is 5.69 Å². The Hall–Kier alpha value is -2.59. The minimum absolute atomic E-state index is 0.0128. The number of rotatable bonds is 1. The van der Waals surface area contributed by atoms with E-state index in [-0.39, 0.29) is 23.6 Å². The van der Waals surface area contributed by atoms with Crippen molar-refractivity contribution in [1.82, 2.24) is 9.03 Å². The highest BCUT2D eigenvalue weighted by molar-refractivity contribution is 7.87. The summed E-state index contributed by atoms with van der Waals surface area (Å²) in [5.41, 5.74) is 4.73. The second-order valence-corrected chi connectivity index (χ2v) is 14.4. The predicted molar refractivity (Wildman–Crippen MR) is 164 cm³/mol. The fraction of sp³-hybridized carbons (Fsp3) is 0.531. The summed E-state index contributed by atoms with van der Waals surface area (Å²) in [4.78, 5) is 15.7. The van der Waals surface area contributed by atoms with Crippen molar-refractivity contribution < 1.29 is 22.7 Å². The van der Waals surface area contributed by atoms with Crippen LogP contribution in [0.5, 0.6) is 5.75 Å². The molecule has 0 spiro atoms. The molecule has 3 heterocycles. The molecule has 8 nitrogen and oxygen atoms in total. The van der Waals surface area contributed by atoms with E-state index < -0.39 is 16.1 Å². The quantitative estimate of drug-likeness (QED) is 0.436. The Morgan fingerprint density at radius 2 is 1.90 bits per heavy atom. The van der Waals surface area contributed by atoms with Crippen molar-refractivity contribution in [2.75, 3.05) is 32.2 Å². The van der Waals surface area contributed by atoms with Gasteiger partial charge >= 0.3 is 10.2 Å². The molecule has 2 aliphatic carbocycles.